The van der Waals surface area contributed by atoms with Crippen LogP contribution in [0.25, 0.3) is 12.2 Å². The monoisotopic (exact) mass is 322 g/mol. The van der Waals surface area contributed by atoms with Crippen LogP contribution in [0.1, 0.15) is 48.9 Å². The van der Waals surface area contributed by atoms with Crippen molar-refractivity contribution in [3.63, 3.8) is 0 Å². The van der Waals surface area contributed by atoms with Gasteiger partial charge in [-0.25, -0.2) is 0 Å². The molecule has 0 amide bonds. The molecular weight excluding hydrogens is 296 g/mol. The smallest absolute Gasteiger partial charge is 0.115 e. The first-order valence-electron chi connectivity index (χ1n) is 8.84. The van der Waals surface area contributed by atoms with Crippen LogP contribution in [0.2, 0.25) is 0 Å². The number of allylic oxidation sites excluding steroid dienone is 2. The maximum Gasteiger partial charge on any atom is 0.115 e. The molecule has 0 heterocycles. The number of hydrogen-bond donors (Lipinski definition) is 0. The Morgan fingerprint density at radius 1 is 0.792 bits per heavy atom. The van der Waals surface area contributed by atoms with E-state index in [1.807, 2.05) is 13.8 Å². The second-order valence-electron chi connectivity index (χ2n) is 6.26. The number of aryl methyl sites for hydroxylation is 2. The van der Waals surface area contributed by atoms with Gasteiger partial charge in [-0.3, -0.25) is 0 Å². The molecule has 1 aromatic rings. The molecule has 0 saturated carbocycles. The van der Waals surface area contributed by atoms with E-state index in [4.69, 9.17) is 9.47 Å². The van der Waals surface area contributed by atoms with Gasteiger partial charge < -0.3 is 9.47 Å². The van der Waals surface area contributed by atoms with E-state index in [-0.39, 0.29) is 0 Å². The summed E-state index contributed by atoms with van der Waals surface area (Å²) in [6.07, 6.45) is 8.59. The number of benzene rings is 1. The summed E-state index contributed by atoms with van der Waals surface area (Å²) in [5.41, 5.74) is 7.86. The van der Waals surface area contributed by atoms with E-state index >= 15 is 0 Å². The lowest BCUT2D eigenvalue weighted by Crippen LogP contribution is -2.09. The van der Waals surface area contributed by atoms with Gasteiger partial charge in [0.05, 0.1) is 13.2 Å². The molecule has 3 rings (SSSR count). The van der Waals surface area contributed by atoms with E-state index in [1.165, 1.54) is 33.4 Å². The highest BCUT2D eigenvalue weighted by Gasteiger charge is 2.21. The Morgan fingerprint density at radius 3 is 1.58 bits per heavy atom. The zero-order valence-electron chi connectivity index (χ0n) is 14.8. The molecule has 126 valence electrons. The van der Waals surface area contributed by atoms with E-state index in [9.17, 15) is 0 Å². The average Bonchev–Trinajstić information content (AvgIpc) is 2.61. The molecule has 1 aromatic carbocycles. The Balaban J connectivity index is 2.02. The summed E-state index contributed by atoms with van der Waals surface area (Å²) in [4.78, 5) is 0. The van der Waals surface area contributed by atoms with Crippen molar-refractivity contribution in [3.8, 4) is 0 Å². The second kappa shape index (κ2) is 7.12. The predicted molar refractivity (Wildman–Crippen MR) is 101 cm³/mol. The van der Waals surface area contributed by atoms with Gasteiger partial charge in [0.1, 0.15) is 11.5 Å². The van der Waals surface area contributed by atoms with Gasteiger partial charge in [-0.2, -0.15) is 0 Å². The fourth-order valence-electron chi connectivity index (χ4n) is 3.51. The predicted octanol–water partition coefficient (Wildman–Crippen LogP) is 5.45. The summed E-state index contributed by atoms with van der Waals surface area (Å²) >= 11 is 0. The van der Waals surface area contributed by atoms with Crippen LogP contribution < -0.4 is 0 Å². The molecule has 0 bridgehead atoms. The molecule has 0 N–H and O–H groups in total. The third-order valence-electron chi connectivity index (χ3n) is 4.79. The summed E-state index contributed by atoms with van der Waals surface area (Å²) in [6, 6.07) is 4.56. The van der Waals surface area contributed by atoms with Crippen LogP contribution >= 0.6 is 0 Å². The van der Waals surface area contributed by atoms with Crippen molar-refractivity contribution in [2.24, 2.45) is 0 Å². The third kappa shape index (κ3) is 3.19. The summed E-state index contributed by atoms with van der Waals surface area (Å²) < 4.78 is 11.2. The molecule has 2 heteroatoms. The largest absolute Gasteiger partial charge is 0.494 e. The average molecular weight is 322 g/mol. The lowest BCUT2D eigenvalue weighted by atomic mass is 9.82. The maximum atomic E-state index is 5.62. The van der Waals surface area contributed by atoms with Crippen molar-refractivity contribution in [2.45, 2.75) is 39.5 Å². The van der Waals surface area contributed by atoms with Gasteiger partial charge in [-0.05, 0) is 85.1 Å². The molecule has 2 aliphatic carbocycles. The van der Waals surface area contributed by atoms with E-state index in [0.717, 1.165) is 37.2 Å². The number of ether oxygens (including phenoxy) is 2. The Labute approximate surface area is 145 Å². The molecule has 0 aliphatic heterocycles. The Hall–Kier alpha value is -2.22. The normalized spacial score (nSPS) is 15.6. The molecule has 24 heavy (non-hydrogen) atoms. The fraction of sp³-hybridized carbons (Fsp3) is 0.364. The fourth-order valence-corrected chi connectivity index (χ4v) is 3.51. The van der Waals surface area contributed by atoms with Crippen LogP contribution in [0.15, 0.2) is 48.0 Å². The zero-order chi connectivity index (χ0) is 17.1. The molecule has 0 radical (unpaired) electrons. The van der Waals surface area contributed by atoms with Gasteiger partial charge in [0.25, 0.3) is 0 Å². The van der Waals surface area contributed by atoms with Gasteiger partial charge in [0, 0.05) is 0 Å². The minimum atomic E-state index is 0.661. The Kier molecular flexibility index (Phi) is 4.94. The molecule has 0 saturated heterocycles. The molecule has 0 aromatic heterocycles. The van der Waals surface area contributed by atoms with Crippen LogP contribution in [0, 0.1) is 0 Å². The third-order valence-corrected chi connectivity index (χ3v) is 4.79. The second-order valence-corrected chi connectivity index (χ2v) is 6.26. The minimum absolute atomic E-state index is 0.661. The molecule has 2 aliphatic rings. The first kappa shape index (κ1) is 16.6. The number of fused-ring (bicyclic) bond motifs is 3. The number of hydrogen-bond acceptors (Lipinski definition) is 2. The Bertz CT molecular complexity index is 672. The van der Waals surface area contributed by atoms with Crippen LogP contribution in [-0.2, 0) is 22.3 Å². The van der Waals surface area contributed by atoms with Crippen LogP contribution in [0.3, 0.4) is 0 Å². The van der Waals surface area contributed by atoms with Crippen molar-refractivity contribution in [1.82, 2.24) is 0 Å². The van der Waals surface area contributed by atoms with Crippen molar-refractivity contribution in [3.05, 3.63) is 70.2 Å². The summed E-state index contributed by atoms with van der Waals surface area (Å²) in [7, 11) is 0. The van der Waals surface area contributed by atoms with E-state index in [1.54, 1.807) is 0 Å². The highest BCUT2D eigenvalue weighted by molar-refractivity contribution is 5.77. The molecule has 0 spiro atoms. The number of rotatable bonds is 6. The lowest BCUT2D eigenvalue weighted by molar-refractivity contribution is 0.237. The van der Waals surface area contributed by atoms with Crippen LogP contribution in [0.5, 0.6) is 0 Å². The van der Waals surface area contributed by atoms with E-state index < -0.39 is 0 Å². The minimum Gasteiger partial charge on any atom is -0.494 e. The maximum absolute atomic E-state index is 5.62. The molecule has 0 fully saturated rings. The van der Waals surface area contributed by atoms with Crippen molar-refractivity contribution < 1.29 is 9.47 Å². The van der Waals surface area contributed by atoms with Gasteiger partial charge in [-0.1, -0.05) is 25.3 Å². The lowest BCUT2D eigenvalue weighted by Gasteiger charge is -2.25. The SMILES string of the molecule is C=C(OCC)C1=Cc2c(ccc3c2C=C(C(=C)OCC)CC3)CC1. The van der Waals surface area contributed by atoms with Gasteiger partial charge in [0.2, 0.25) is 0 Å². The molecule has 0 unspecified atom stereocenters. The highest BCUT2D eigenvalue weighted by atomic mass is 16.5. The van der Waals surface area contributed by atoms with Gasteiger partial charge in [0.15, 0.2) is 0 Å². The molecule has 0 atom stereocenters. The zero-order valence-corrected chi connectivity index (χ0v) is 14.8. The van der Waals surface area contributed by atoms with Crippen molar-refractivity contribution in [2.75, 3.05) is 13.2 Å². The summed E-state index contributed by atoms with van der Waals surface area (Å²) in [6.45, 7) is 13.5. The van der Waals surface area contributed by atoms with Crippen molar-refractivity contribution >= 4 is 12.2 Å². The van der Waals surface area contributed by atoms with Crippen LogP contribution in [-0.4, -0.2) is 13.2 Å². The first-order chi connectivity index (χ1) is 11.6. The molecule has 2 nitrogen and oxygen atoms in total. The van der Waals surface area contributed by atoms with E-state index in [2.05, 4.69) is 37.4 Å². The summed E-state index contributed by atoms with van der Waals surface area (Å²) in [5.74, 6) is 1.61. The van der Waals surface area contributed by atoms with Gasteiger partial charge in [-0.15, -0.1) is 0 Å². The molecular formula is C22H26O2. The first-order valence-corrected chi connectivity index (χ1v) is 8.84. The Morgan fingerprint density at radius 2 is 1.21 bits per heavy atom. The topological polar surface area (TPSA) is 18.5 Å². The van der Waals surface area contributed by atoms with Crippen LogP contribution in [0.4, 0.5) is 0 Å². The van der Waals surface area contributed by atoms with Crippen molar-refractivity contribution in [1.29, 1.82) is 0 Å². The van der Waals surface area contributed by atoms with Gasteiger partial charge >= 0.3 is 0 Å². The highest BCUT2D eigenvalue weighted by Crippen LogP contribution is 2.36. The summed E-state index contributed by atoms with van der Waals surface area (Å²) in [5, 5.41) is 0. The quantitative estimate of drug-likeness (QED) is 0.649. The van der Waals surface area contributed by atoms with E-state index in [0.29, 0.717) is 13.2 Å². The standard InChI is InChI=1S/C22H26O2/c1-5-23-15(3)19-11-9-17-7-8-18-10-12-20(16(4)24-6-2)14-22(18)21(17)13-19/h7-8,13-14H,3-6,9-12H2,1-2H3.